The number of hydrogen-bond acceptors (Lipinski definition) is 5. The van der Waals surface area contributed by atoms with E-state index in [2.05, 4.69) is 47.5 Å². The second kappa shape index (κ2) is 6.74. The Morgan fingerprint density at radius 1 is 1.14 bits per heavy atom. The van der Waals surface area contributed by atoms with E-state index in [1.807, 2.05) is 35.2 Å². The largest absolute Gasteiger partial charge is 0.369 e. The van der Waals surface area contributed by atoms with Crippen LogP contribution >= 0.6 is 0 Å². The number of H-pyrrole nitrogens is 1. The normalized spacial score (nSPS) is 20.3. The Labute approximate surface area is 164 Å². The SMILES string of the molecule is CN(C)CCCNC1c2c([nH]c3ccccc23)C2=Nc3ccccc3C(O)N21. The van der Waals surface area contributed by atoms with E-state index in [4.69, 9.17) is 4.99 Å². The average molecular weight is 375 g/mol. The van der Waals surface area contributed by atoms with Gasteiger partial charge >= 0.3 is 0 Å². The number of amidine groups is 1. The summed E-state index contributed by atoms with van der Waals surface area (Å²) in [4.78, 5) is 12.6. The molecule has 0 fully saturated rings. The summed E-state index contributed by atoms with van der Waals surface area (Å²) >= 11 is 0. The molecule has 2 atom stereocenters. The summed E-state index contributed by atoms with van der Waals surface area (Å²) in [6.07, 6.45) is 0.193. The molecule has 5 rings (SSSR count). The van der Waals surface area contributed by atoms with Gasteiger partial charge in [-0.3, -0.25) is 5.32 Å². The fourth-order valence-corrected chi connectivity index (χ4v) is 4.29. The molecule has 2 aliphatic heterocycles. The van der Waals surface area contributed by atoms with Gasteiger partial charge in [-0.2, -0.15) is 0 Å². The van der Waals surface area contributed by atoms with Crippen LogP contribution in [0.3, 0.4) is 0 Å². The summed E-state index contributed by atoms with van der Waals surface area (Å²) in [5.74, 6) is 0.808. The molecule has 0 saturated carbocycles. The van der Waals surface area contributed by atoms with Gasteiger partial charge < -0.3 is 19.9 Å². The minimum atomic E-state index is -0.727. The van der Waals surface area contributed by atoms with Gasteiger partial charge in [0.2, 0.25) is 0 Å². The molecular weight excluding hydrogens is 350 g/mol. The van der Waals surface area contributed by atoms with Crippen molar-refractivity contribution in [3.63, 3.8) is 0 Å². The number of rotatable bonds is 5. The second-order valence-corrected chi connectivity index (χ2v) is 7.75. The molecular formula is C22H25N5O. The molecule has 6 nitrogen and oxygen atoms in total. The lowest BCUT2D eigenvalue weighted by molar-refractivity contribution is 0.0193. The highest BCUT2D eigenvalue weighted by Crippen LogP contribution is 2.46. The lowest BCUT2D eigenvalue weighted by Gasteiger charge is -2.36. The molecule has 1 aromatic heterocycles. The van der Waals surface area contributed by atoms with E-state index >= 15 is 0 Å². The maximum absolute atomic E-state index is 11.2. The molecule has 2 unspecified atom stereocenters. The van der Waals surface area contributed by atoms with Crippen LogP contribution in [0.25, 0.3) is 10.9 Å². The zero-order valence-electron chi connectivity index (χ0n) is 16.2. The van der Waals surface area contributed by atoms with Crippen LogP contribution < -0.4 is 5.32 Å². The molecule has 0 bridgehead atoms. The van der Waals surface area contributed by atoms with E-state index in [1.165, 1.54) is 10.9 Å². The Balaban J connectivity index is 1.59. The fraction of sp³-hybridized carbons (Fsp3) is 0.318. The standard InChI is InChI=1S/C22H25N5O/c1-26(2)13-7-12-23-20-18-14-8-3-5-10-16(14)24-19(18)21-25-17-11-6-4-9-15(17)22(28)27(20)21/h3-6,8-11,20,22-24,28H,7,12-13H2,1-2H3. The van der Waals surface area contributed by atoms with Crippen LogP contribution in [0.15, 0.2) is 53.5 Å². The van der Waals surface area contributed by atoms with Crippen LogP contribution in [0.1, 0.15) is 35.6 Å². The number of fused-ring (bicyclic) bond motifs is 6. The van der Waals surface area contributed by atoms with Crippen molar-refractivity contribution < 1.29 is 5.11 Å². The molecule has 3 N–H and O–H groups in total. The molecule has 28 heavy (non-hydrogen) atoms. The molecule has 0 saturated heterocycles. The first-order chi connectivity index (χ1) is 13.6. The minimum Gasteiger partial charge on any atom is -0.369 e. The molecule has 3 aromatic rings. The fourth-order valence-electron chi connectivity index (χ4n) is 4.29. The van der Waals surface area contributed by atoms with Crippen LogP contribution in [-0.4, -0.2) is 52.9 Å². The molecule has 0 radical (unpaired) electrons. The number of aromatic amines is 1. The van der Waals surface area contributed by atoms with E-state index in [1.54, 1.807) is 0 Å². The highest BCUT2D eigenvalue weighted by Gasteiger charge is 2.44. The summed E-state index contributed by atoms with van der Waals surface area (Å²) in [5.41, 5.74) is 4.95. The van der Waals surface area contributed by atoms with Crippen LogP contribution in [-0.2, 0) is 0 Å². The quantitative estimate of drug-likeness (QED) is 0.600. The van der Waals surface area contributed by atoms with E-state index in [9.17, 15) is 5.11 Å². The highest BCUT2D eigenvalue weighted by atomic mass is 16.3. The number of aliphatic hydroxyl groups is 1. The predicted octanol–water partition coefficient (Wildman–Crippen LogP) is 3.11. The number of benzene rings is 2. The Hall–Kier alpha value is -2.67. The van der Waals surface area contributed by atoms with Gasteiger partial charge in [-0.15, -0.1) is 0 Å². The maximum atomic E-state index is 11.2. The van der Waals surface area contributed by atoms with Crippen molar-refractivity contribution in [1.29, 1.82) is 0 Å². The van der Waals surface area contributed by atoms with Gasteiger partial charge in [0.1, 0.15) is 6.17 Å². The van der Waals surface area contributed by atoms with Crippen molar-refractivity contribution in [2.24, 2.45) is 4.99 Å². The molecule has 3 heterocycles. The van der Waals surface area contributed by atoms with E-state index in [0.717, 1.165) is 47.8 Å². The van der Waals surface area contributed by atoms with Gasteiger partial charge in [0.05, 0.1) is 11.4 Å². The Morgan fingerprint density at radius 3 is 2.79 bits per heavy atom. The van der Waals surface area contributed by atoms with E-state index in [0.29, 0.717) is 0 Å². The number of aliphatic hydroxyl groups excluding tert-OH is 1. The van der Waals surface area contributed by atoms with Gasteiger partial charge in [0.15, 0.2) is 12.1 Å². The zero-order chi connectivity index (χ0) is 19.3. The van der Waals surface area contributed by atoms with Crippen LogP contribution in [0, 0.1) is 0 Å². The van der Waals surface area contributed by atoms with Crippen LogP contribution in [0.4, 0.5) is 5.69 Å². The molecule has 144 valence electrons. The summed E-state index contributed by atoms with van der Waals surface area (Å²) in [5, 5.41) is 16.0. The lowest BCUT2D eigenvalue weighted by atomic mass is 10.1. The Morgan fingerprint density at radius 2 is 1.93 bits per heavy atom. The maximum Gasteiger partial charge on any atom is 0.158 e. The Kier molecular flexibility index (Phi) is 4.19. The number of aromatic nitrogens is 1. The van der Waals surface area contributed by atoms with Gasteiger partial charge in [-0.25, -0.2) is 4.99 Å². The number of hydrogen-bond donors (Lipinski definition) is 3. The zero-order valence-corrected chi connectivity index (χ0v) is 16.2. The molecule has 0 spiro atoms. The van der Waals surface area contributed by atoms with Gasteiger partial charge in [-0.1, -0.05) is 36.4 Å². The summed E-state index contributed by atoms with van der Waals surface area (Å²) in [6.45, 7) is 1.88. The monoisotopic (exact) mass is 375 g/mol. The number of nitrogens with zero attached hydrogens (tertiary/aromatic N) is 3. The third-order valence-corrected chi connectivity index (χ3v) is 5.59. The van der Waals surface area contributed by atoms with Gasteiger partial charge in [0, 0.05) is 22.0 Å². The average Bonchev–Trinajstić information content (AvgIpc) is 3.21. The number of aliphatic imine (C=N–C) groups is 1. The molecule has 0 amide bonds. The van der Waals surface area contributed by atoms with Crippen molar-refractivity contribution in [3.8, 4) is 0 Å². The first-order valence-electron chi connectivity index (χ1n) is 9.78. The van der Waals surface area contributed by atoms with Crippen molar-refractivity contribution in [1.82, 2.24) is 20.1 Å². The minimum absolute atomic E-state index is 0.115. The van der Waals surface area contributed by atoms with Crippen molar-refractivity contribution in [2.75, 3.05) is 27.2 Å². The molecule has 2 aromatic carbocycles. The molecule has 6 heteroatoms. The van der Waals surface area contributed by atoms with E-state index < -0.39 is 6.23 Å². The van der Waals surface area contributed by atoms with Gasteiger partial charge in [0.25, 0.3) is 0 Å². The third kappa shape index (κ3) is 2.64. The van der Waals surface area contributed by atoms with Crippen LogP contribution in [0.5, 0.6) is 0 Å². The lowest BCUT2D eigenvalue weighted by Crippen LogP contribution is -2.42. The first-order valence-corrected chi connectivity index (χ1v) is 9.78. The number of para-hydroxylation sites is 2. The third-order valence-electron chi connectivity index (χ3n) is 5.59. The highest BCUT2D eigenvalue weighted by molar-refractivity contribution is 6.09. The molecule has 0 aliphatic carbocycles. The van der Waals surface area contributed by atoms with Crippen molar-refractivity contribution in [3.05, 3.63) is 65.4 Å². The summed E-state index contributed by atoms with van der Waals surface area (Å²) < 4.78 is 0. The first kappa shape index (κ1) is 17.4. The smallest absolute Gasteiger partial charge is 0.158 e. The van der Waals surface area contributed by atoms with E-state index in [-0.39, 0.29) is 6.17 Å². The molecule has 2 aliphatic rings. The summed E-state index contributed by atoms with van der Waals surface area (Å²) in [6, 6.07) is 16.2. The summed E-state index contributed by atoms with van der Waals surface area (Å²) in [7, 11) is 4.17. The van der Waals surface area contributed by atoms with Crippen LogP contribution in [0.2, 0.25) is 0 Å². The topological polar surface area (TPSA) is 66.9 Å². The van der Waals surface area contributed by atoms with Crippen molar-refractivity contribution in [2.45, 2.75) is 18.8 Å². The predicted molar refractivity (Wildman–Crippen MR) is 112 cm³/mol. The Bertz CT molecular complexity index is 1050. The number of nitrogens with one attached hydrogen (secondary N) is 2. The second-order valence-electron chi connectivity index (χ2n) is 7.75. The van der Waals surface area contributed by atoms with Gasteiger partial charge in [-0.05, 0) is 45.7 Å². The van der Waals surface area contributed by atoms with Crippen molar-refractivity contribution >= 4 is 22.4 Å².